The second-order valence-corrected chi connectivity index (χ2v) is 11.1. The number of carbonyl (C=O) groups is 2. The van der Waals surface area contributed by atoms with Crippen LogP contribution < -0.4 is 0 Å². The molecule has 1 aliphatic carbocycles. The van der Waals surface area contributed by atoms with Gasteiger partial charge in [0.05, 0.1) is 25.3 Å². The minimum absolute atomic E-state index is 0.0934. The molecule has 0 spiro atoms. The number of aliphatic hydroxyl groups excluding tert-OH is 1. The lowest BCUT2D eigenvalue weighted by Crippen LogP contribution is -2.47. The van der Waals surface area contributed by atoms with Gasteiger partial charge in [-0.2, -0.15) is 0 Å². The molecule has 3 aromatic carbocycles. The van der Waals surface area contributed by atoms with Gasteiger partial charge in [-0.1, -0.05) is 54.1 Å². The second kappa shape index (κ2) is 11.6. The van der Waals surface area contributed by atoms with Crippen molar-refractivity contribution in [2.75, 3.05) is 13.7 Å². The van der Waals surface area contributed by atoms with Crippen molar-refractivity contribution in [3.63, 3.8) is 0 Å². The predicted octanol–water partition coefficient (Wildman–Crippen LogP) is 6.62. The zero-order valence-electron chi connectivity index (χ0n) is 22.2. The summed E-state index contributed by atoms with van der Waals surface area (Å²) in [7, 11) is 1.37. The number of carbonyl (C=O) groups excluding carboxylic acids is 2. The van der Waals surface area contributed by atoms with Gasteiger partial charge in [-0.05, 0) is 92.1 Å². The maximum Gasteiger partial charge on any atom is 0.410 e. The summed E-state index contributed by atoms with van der Waals surface area (Å²) >= 11 is 6.14. The number of esters is 1. The summed E-state index contributed by atoms with van der Waals surface area (Å²) in [5.74, 6) is -0.379. The average Bonchev–Trinajstić information content (AvgIpc) is 2.89. The molecule has 6 nitrogen and oxygen atoms in total. The van der Waals surface area contributed by atoms with Gasteiger partial charge in [0.15, 0.2) is 0 Å². The Labute approximate surface area is 229 Å². The third kappa shape index (κ3) is 6.74. The fourth-order valence-corrected chi connectivity index (χ4v) is 5.02. The fourth-order valence-electron chi connectivity index (χ4n) is 4.83. The summed E-state index contributed by atoms with van der Waals surface area (Å²) in [6.07, 6.45) is 0.825. The number of aliphatic hydroxyl groups is 1. The molecule has 2 atom stereocenters. The number of amides is 1. The Morgan fingerprint density at radius 3 is 2.47 bits per heavy atom. The number of rotatable bonds is 6. The van der Waals surface area contributed by atoms with Crippen molar-refractivity contribution >= 4 is 23.7 Å². The van der Waals surface area contributed by atoms with Crippen LogP contribution in [0.3, 0.4) is 0 Å². The van der Waals surface area contributed by atoms with Gasteiger partial charge in [0.1, 0.15) is 5.60 Å². The molecule has 1 N–H and O–H groups in total. The van der Waals surface area contributed by atoms with Crippen LogP contribution in [0.1, 0.15) is 60.3 Å². The van der Waals surface area contributed by atoms with E-state index in [4.69, 9.17) is 21.1 Å². The molecule has 0 saturated carbocycles. The molecule has 1 amide bonds. The van der Waals surface area contributed by atoms with Gasteiger partial charge in [-0.15, -0.1) is 0 Å². The van der Waals surface area contributed by atoms with Gasteiger partial charge in [-0.25, -0.2) is 9.59 Å². The van der Waals surface area contributed by atoms with Crippen LogP contribution in [0, 0.1) is 0 Å². The lowest BCUT2D eigenvalue weighted by Gasteiger charge is -2.37. The number of methoxy groups -OCH3 is 1. The second-order valence-electron chi connectivity index (χ2n) is 10.7. The topological polar surface area (TPSA) is 76.1 Å². The number of halogens is 1. The van der Waals surface area contributed by atoms with Crippen LogP contribution in [0.25, 0.3) is 11.1 Å². The van der Waals surface area contributed by atoms with Gasteiger partial charge in [0.2, 0.25) is 0 Å². The lowest BCUT2D eigenvalue weighted by atomic mass is 9.85. The third-order valence-corrected chi connectivity index (χ3v) is 6.93. The van der Waals surface area contributed by atoms with E-state index < -0.39 is 17.8 Å². The van der Waals surface area contributed by atoms with Crippen molar-refractivity contribution < 1.29 is 24.2 Å². The highest BCUT2D eigenvalue weighted by Gasteiger charge is 2.33. The summed E-state index contributed by atoms with van der Waals surface area (Å²) in [5.41, 5.74) is 4.74. The molecule has 0 heterocycles. The molecular weight excluding hydrogens is 502 g/mol. The fraction of sp³-hybridized carbons (Fsp3) is 0.355. The van der Waals surface area contributed by atoms with E-state index in [1.54, 1.807) is 35.2 Å². The maximum absolute atomic E-state index is 13.3. The molecule has 7 heteroatoms. The number of hydrogen-bond acceptors (Lipinski definition) is 5. The van der Waals surface area contributed by atoms with Gasteiger partial charge >= 0.3 is 12.1 Å². The highest BCUT2D eigenvalue weighted by atomic mass is 35.5. The number of aryl methyl sites for hydroxylation is 1. The molecule has 4 rings (SSSR count). The Morgan fingerprint density at radius 2 is 1.76 bits per heavy atom. The number of nitrogens with zero attached hydrogens (tertiary/aromatic N) is 1. The molecule has 0 unspecified atom stereocenters. The zero-order valence-corrected chi connectivity index (χ0v) is 23.0. The summed E-state index contributed by atoms with van der Waals surface area (Å²) < 4.78 is 10.6. The van der Waals surface area contributed by atoms with Crippen molar-refractivity contribution in [3.8, 4) is 11.1 Å². The summed E-state index contributed by atoms with van der Waals surface area (Å²) in [6.45, 7) is 5.60. The highest BCUT2D eigenvalue weighted by Crippen LogP contribution is 2.31. The van der Waals surface area contributed by atoms with Gasteiger partial charge in [0.25, 0.3) is 0 Å². The quantitative estimate of drug-likeness (QED) is 0.359. The Bertz CT molecular complexity index is 1320. The normalized spacial score (nSPS) is 15.8. The summed E-state index contributed by atoms with van der Waals surface area (Å²) in [5, 5.41) is 11.6. The van der Waals surface area contributed by atoms with Crippen LogP contribution in [0.5, 0.6) is 0 Å². The smallest absolute Gasteiger partial charge is 0.410 e. The van der Waals surface area contributed by atoms with Crippen LogP contribution in [-0.4, -0.2) is 47.4 Å². The average molecular weight is 536 g/mol. The molecule has 0 fully saturated rings. The maximum atomic E-state index is 13.3. The van der Waals surface area contributed by atoms with E-state index in [0.29, 0.717) is 22.6 Å². The van der Waals surface area contributed by atoms with E-state index in [0.717, 1.165) is 29.5 Å². The van der Waals surface area contributed by atoms with E-state index in [1.807, 2.05) is 39.0 Å². The number of ether oxygens (including phenoxy) is 2. The summed E-state index contributed by atoms with van der Waals surface area (Å²) in [6, 6.07) is 20.5. The number of hydrogen-bond donors (Lipinski definition) is 1. The van der Waals surface area contributed by atoms with E-state index in [9.17, 15) is 14.7 Å². The SMILES string of the molecule is COC(=O)c1cccc(-c2ccc3c(c2)C[C@@H](N(C[C@H](O)c2cccc(Cl)c2)C(=O)OC(C)(C)C)CC3)c1. The van der Waals surface area contributed by atoms with Gasteiger partial charge in [0, 0.05) is 11.1 Å². The molecule has 0 bridgehead atoms. The van der Waals surface area contributed by atoms with E-state index in [1.165, 1.54) is 12.7 Å². The first-order valence-electron chi connectivity index (χ1n) is 12.8. The molecule has 0 saturated heterocycles. The Morgan fingerprint density at radius 1 is 1.03 bits per heavy atom. The standard InChI is InChI=1S/C31H34ClNO5/c1-31(2,3)38-30(36)33(19-28(34)23-8-6-10-26(32)17-23)27-14-13-20-11-12-22(16-25(20)18-27)21-7-5-9-24(15-21)29(35)37-4/h5-12,15-17,27-28,34H,13-14,18-19H2,1-4H3/t27-,28-/m0/s1. The van der Waals surface area contributed by atoms with Crippen molar-refractivity contribution in [1.82, 2.24) is 4.90 Å². The molecular formula is C31H34ClNO5. The largest absolute Gasteiger partial charge is 0.465 e. The predicted molar refractivity (Wildman–Crippen MR) is 148 cm³/mol. The first-order valence-corrected chi connectivity index (χ1v) is 13.2. The molecule has 1 aliphatic rings. The lowest BCUT2D eigenvalue weighted by molar-refractivity contribution is 0.00195. The Balaban J connectivity index is 1.61. The number of benzene rings is 3. The first kappa shape index (κ1) is 27.7. The Hall–Kier alpha value is -3.35. The third-order valence-electron chi connectivity index (χ3n) is 6.70. The van der Waals surface area contributed by atoms with Crippen LogP contribution in [0.4, 0.5) is 4.79 Å². The number of fused-ring (bicyclic) bond motifs is 1. The molecule has 0 aromatic heterocycles. The monoisotopic (exact) mass is 535 g/mol. The van der Waals surface area contributed by atoms with Crippen LogP contribution in [-0.2, 0) is 22.3 Å². The minimum atomic E-state index is -0.907. The molecule has 200 valence electrons. The zero-order chi connectivity index (χ0) is 27.4. The van der Waals surface area contributed by atoms with Crippen LogP contribution in [0.15, 0.2) is 66.7 Å². The van der Waals surface area contributed by atoms with Crippen molar-refractivity contribution in [2.45, 2.75) is 57.8 Å². The molecule has 0 aliphatic heterocycles. The molecule has 3 aromatic rings. The van der Waals surface area contributed by atoms with Crippen molar-refractivity contribution in [1.29, 1.82) is 0 Å². The highest BCUT2D eigenvalue weighted by molar-refractivity contribution is 6.30. The minimum Gasteiger partial charge on any atom is -0.465 e. The van der Waals surface area contributed by atoms with Crippen molar-refractivity contribution in [2.24, 2.45) is 0 Å². The summed E-state index contributed by atoms with van der Waals surface area (Å²) in [4.78, 5) is 27.0. The van der Waals surface area contributed by atoms with Crippen molar-refractivity contribution in [3.05, 3.63) is 94.0 Å². The molecule has 38 heavy (non-hydrogen) atoms. The van der Waals surface area contributed by atoms with Crippen LogP contribution >= 0.6 is 11.6 Å². The van der Waals surface area contributed by atoms with E-state index in [-0.39, 0.29) is 18.6 Å². The Kier molecular flexibility index (Phi) is 8.44. The van der Waals surface area contributed by atoms with Crippen LogP contribution in [0.2, 0.25) is 5.02 Å². The molecule has 0 radical (unpaired) electrons. The van der Waals surface area contributed by atoms with Gasteiger partial charge < -0.3 is 19.5 Å². The van der Waals surface area contributed by atoms with E-state index in [2.05, 4.69) is 18.2 Å². The first-order chi connectivity index (χ1) is 18.0. The van der Waals surface area contributed by atoms with E-state index >= 15 is 0 Å². The van der Waals surface area contributed by atoms with Gasteiger partial charge in [-0.3, -0.25) is 0 Å².